The van der Waals surface area contributed by atoms with Crippen LogP contribution in [0.5, 0.6) is 0 Å². The topological polar surface area (TPSA) is 52.0 Å². The zero-order chi connectivity index (χ0) is 6.78. The zero-order valence-electron chi connectivity index (χ0n) is 6.35. The lowest BCUT2D eigenvalue weighted by atomic mass is 9.95. The molecule has 0 radical (unpaired) electrons. The third kappa shape index (κ3) is 4.70. The highest BCUT2D eigenvalue weighted by molar-refractivity contribution is 5.85. The van der Waals surface area contributed by atoms with Crippen molar-refractivity contribution in [3.8, 4) is 0 Å². The predicted octanol–water partition coefficient (Wildman–Crippen LogP) is 0.883. The van der Waals surface area contributed by atoms with E-state index < -0.39 is 0 Å². The van der Waals surface area contributed by atoms with E-state index in [1.807, 2.05) is 20.8 Å². The van der Waals surface area contributed by atoms with Crippen molar-refractivity contribution in [2.45, 2.75) is 38.8 Å². The summed E-state index contributed by atoms with van der Waals surface area (Å²) in [6.07, 6.45) is 0.948. The van der Waals surface area contributed by atoms with E-state index in [9.17, 15) is 0 Å². The van der Waals surface area contributed by atoms with Gasteiger partial charge < -0.3 is 11.5 Å². The Labute approximate surface area is 63.4 Å². The highest BCUT2D eigenvalue weighted by atomic mass is 35.5. The van der Waals surface area contributed by atoms with Gasteiger partial charge in [-0.2, -0.15) is 0 Å². The van der Waals surface area contributed by atoms with Crippen molar-refractivity contribution in [2.75, 3.05) is 0 Å². The first-order chi connectivity index (χ1) is 3.48. The second-order valence-electron chi connectivity index (χ2n) is 2.84. The van der Waals surface area contributed by atoms with Gasteiger partial charge in [-0.15, -0.1) is 12.4 Å². The van der Waals surface area contributed by atoms with Crippen LogP contribution in [0.4, 0.5) is 0 Å². The van der Waals surface area contributed by atoms with Gasteiger partial charge in [0.25, 0.3) is 0 Å². The van der Waals surface area contributed by atoms with Gasteiger partial charge in [0, 0.05) is 11.6 Å². The molecule has 0 bridgehead atoms. The molecular weight excluding hydrogens is 136 g/mol. The molecule has 9 heavy (non-hydrogen) atoms. The summed E-state index contributed by atoms with van der Waals surface area (Å²) in [6, 6.07) is 0.127. The maximum Gasteiger partial charge on any atom is 0.0250 e. The van der Waals surface area contributed by atoms with Gasteiger partial charge in [-0.3, -0.25) is 0 Å². The summed E-state index contributed by atoms with van der Waals surface area (Å²) in [5, 5.41) is 0. The summed E-state index contributed by atoms with van der Waals surface area (Å²) in [7, 11) is 0. The molecule has 0 aliphatic heterocycles. The molecule has 4 N–H and O–H groups in total. The Morgan fingerprint density at radius 3 is 1.78 bits per heavy atom. The highest BCUT2D eigenvalue weighted by Crippen LogP contribution is 2.04. The average Bonchev–Trinajstić information content (AvgIpc) is 1.62. The maximum absolute atomic E-state index is 5.66. The Morgan fingerprint density at radius 1 is 1.44 bits per heavy atom. The fourth-order valence-electron chi connectivity index (χ4n) is 0.526. The molecule has 0 fully saturated rings. The number of nitrogens with two attached hydrogens (primary N) is 2. The molecule has 58 valence electrons. The molecule has 0 amide bonds. The summed E-state index contributed by atoms with van der Waals surface area (Å²) < 4.78 is 0. The Balaban J connectivity index is 0. The number of rotatable bonds is 2. The standard InChI is InChI=1S/C6H16N2.ClH/c1-4-5(7)6(2,3)8;/h5H,4,7-8H2,1-3H3;1H. The smallest absolute Gasteiger partial charge is 0.0250 e. The lowest BCUT2D eigenvalue weighted by Crippen LogP contribution is -2.49. The first-order valence-corrected chi connectivity index (χ1v) is 3.03. The molecule has 0 aliphatic carbocycles. The van der Waals surface area contributed by atoms with Crippen LogP contribution < -0.4 is 11.5 Å². The van der Waals surface area contributed by atoms with E-state index in [1.165, 1.54) is 0 Å². The summed E-state index contributed by atoms with van der Waals surface area (Å²) >= 11 is 0. The minimum Gasteiger partial charge on any atom is -0.326 e. The largest absolute Gasteiger partial charge is 0.326 e. The quantitative estimate of drug-likeness (QED) is 0.618. The molecule has 1 atom stereocenters. The van der Waals surface area contributed by atoms with E-state index in [0.717, 1.165) is 6.42 Å². The average molecular weight is 153 g/mol. The van der Waals surface area contributed by atoms with Crippen LogP contribution >= 0.6 is 12.4 Å². The summed E-state index contributed by atoms with van der Waals surface area (Å²) in [5.41, 5.74) is 11.1. The Bertz CT molecular complexity index is 67.9. The maximum atomic E-state index is 5.66. The van der Waals surface area contributed by atoms with Gasteiger partial charge in [-0.05, 0) is 20.3 Å². The van der Waals surface area contributed by atoms with E-state index in [4.69, 9.17) is 11.5 Å². The predicted molar refractivity (Wildman–Crippen MR) is 43.8 cm³/mol. The molecule has 2 nitrogen and oxygen atoms in total. The molecule has 0 aliphatic rings. The molecule has 0 saturated heterocycles. The van der Waals surface area contributed by atoms with Gasteiger partial charge in [0.05, 0.1) is 0 Å². The van der Waals surface area contributed by atoms with Crippen molar-refractivity contribution < 1.29 is 0 Å². The zero-order valence-corrected chi connectivity index (χ0v) is 7.16. The van der Waals surface area contributed by atoms with Crippen LogP contribution in [-0.4, -0.2) is 11.6 Å². The Kier molecular flexibility index (Phi) is 5.43. The van der Waals surface area contributed by atoms with Crippen molar-refractivity contribution in [3.63, 3.8) is 0 Å². The Hall–Kier alpha value is 0.210. The molecule has 0 aromatic carbocycles. The monoisotopic (exact) mass is 152 g/mol. The van der Waals surface area contributed by atoms with Crippen molar-refractivity contribution in [1.29, 1.82) is 0 Å². The second kappa shape index (κ2) is 4.09. The van der Waals surface area contributed by atoms with Crippen molar-refractivity contribution in [3.05, 3.63) is 0 Å². The van der Waals surface area contributed by atoms with Crippen LogP contribution in [0.2, 0.25) is 0 Å². The summed E-state index contributed by atoms with van der Waals surface area (Å²) in [4.78, 5) is 0. The van der Waals surface area contributed by atoms with Crippen LogP contribution in [0.3, 0.4) is 0 Å². The van der Waals surface area contributed by atoms with E-state index in [-0.39, 0.29) is 24.0 Å². The van der Waals surface area contributed by atoms with E-state index in [2.05, 4.69) is 0 Å². The SMILES string of the molecule is CCC(N)C(C)(C)N.Cl. The van der Waals surface area contributed by atoms with E-state index in [1.54, 1.807) is 0 Å². The molecule has 1 unspecified atom stereocenters. The minimum absolute atomic E-state index is 0. The molecule has 0 spiro atoms. The molecule has 0 aromatic rings. The van der Waals surface area contributed by atoms with Crippen molar-refractivity contribution >= 4 is 12.4 Å². The molecular formula is C6H17ClN2. The summed E-state index contributed by atoms with van der Waals surface area (Å²) in [5.74, 6) is 0. The molecule has 0 rings (SSSR count). The van der Waals surface area contributed by atoms with Gasteiger partial charge in [-0.1, -0.05) is 6.92 Å². The van der Waals surface area contributed by atoms with E-state index in [0.29, 0.717) is 0 Å². The van der Waals surface area contributed by atoms with Gasteiger partial charge in [-0.25, -0.2) is 0 Å². The third-order valence-corrected chi connectivity index (χ3v) is 1.40. The first-order valence-electron chi connectivity index (χ1n) is 3.03. The number of hydrogen-bond acceptors (Lipinski definition) is 2. The lowest BCUT2D eigenvalue weighted by Gasteiger charge is -2.25. The van der Waals surface area contributed by atoms with Crippen LogP contribution in [0.15, 0.2) is 0 Å². The van der Waals surface area contributed by atoms with Gasteiger partial charge >= 0.3 is 0 Å². The van der Waals surface area contributed by atoms with Gasteiger partial charge in [0.1, 0.15) is 0 Å². The summed E-state index contributed by atoms with van der Waals surface area (Å²) in [6.45, 7) is 5.93. The number of hydrogen-bond donors (Lipinski definition) is 2. The van der Waals surface area contributed by atoms with Crippen LogP contribution in [0.25, 0.3) is 0 Å². The van der Waals surface area contributed by atoms with Crippen LogP contribution in [0, 0.1) is 0 Å². The van der Waals surface area contributed by atoms with Crippen LogP contribution in [0.1, 0.15) is 27.2 Å². The normalized spacial score (nSPS) is 14.3. The first kappa shape index (κ1) is 11.9. The van der Waals surface area contributed by atoms with E-state index >= 15 is 0 Å². The van der Waals surface area contributed by atoms with Crippen LogP contribution in [-0.2, 0) is 0 Å². The fourth-order valence-corrected chi connectivity index (χ4v) is 0.526. The molecule has 0 heterocycles. The van der Waals surface area contributed by atoms with Crippen molar-refractivity contribution in [1.82, 2.24) is 0 Å². The van der Waals surface area contributed by atoms with Gasteiger partial charge in [0.2, 0.25) is 0 Å². The fraction of sp³-hybridized carbons (Fsp3) is 1.00. The third-order valence-electron chi connectivity index (χ3n) is 1.40. The van der Waals surface area contributed by atoms with Gasteiger partial charge in [0.15, 0.2) is 0 Å². The lowest BCUT2D eigenvalue weighted by molar-refractivity contribution is 0.400. The molecule has 3 heteroatoms. The van der Waals surface area contributed by atoms with Crippen molar-refractivity contribution in [2.24, 2.45) is 11.5 Å². The molecule has 0 saturated carbocycles. The second-order valence-corrected chi connectivity index (χ2v) is 2.84. The molecule has 0 aromatic heterocycles. The minimum atomic E-state index is -0.214. The Morgan fingerprint density at radius 2 is 1.78 bits per heavy atom. The highest BCUT2D eigenvalue weighted by Gasteiger charge is 2.18. The number of halogens is 1.